The van der Waals surface area contributed by atoms with Gasteiger partial charge in [0.15, 0.2) is 23.7 Å². The smallest absolute Gasteiger partial charge is 0.357 e. The van der Waals surface area contributed by atoms with Gasteiger partial charge in [0, 0.05) is 11.1 Å². The van der Waals surface area contributed by atoms with Crippen molar-refractivity contribution >= 4 is 17.9 Å². The molecule has 1 heterocycles. The predicted molar refractivity (Wildman–Crippen MR) is 137 cm³/mol. The summed E-state index contributed by atoms with van der Waals surface area (Å²) in [6, 6.07) is 12.1. The Bertz CT molecular complexity index is 1400. The molecule has 2 bridgehead atoms. The normalized spacial score (nSPS) is 28.7. The lowest BCUT2D eigenvalue weighted by atomic mass is 9.47. The number of aliphatic hydroxyl groups excluding tert-OH is 1. The van der Waals surface area contributed by atoms with Crippen LogP contribution in [0.3, 0.4) is 0 Å². The third kappa shape index (κ3) is 3.81. The monoisotopic (exact) mass is 550 g/mol. The van der Waals surface area contributed by atoms with Gasteiger partial charge in [0.25, 0.3) is 0 Å². The highest BCUT2D eigenvalue weighted by Gasteiger charge is 2.71. The maximum atomic E-state index is 13.6. The lowest BCUT2D eigenvalue weighted by Gasteiger charge is -2.59. The van der Waals surface area contributed by atoms with Crippen molar-refractivity contribution in [3.63, 3.8) is 0 Å². The molecule has 1 aliphatic heterocycles. The summed E-state index contributed by atoms with van der Waals surface area (Å²) < 4.78 is 23.3. The predicted octanol–water partition coefficient (Wildman–Crippen LogP) is 2.73. The Morgan fingerprint density at radius 1 is 1.15 bits per heavy atom. The number of carboxylic acids is 1. The average molecular weight is 551 g/mol. The minimum Gasteiger partial charge on any atom is -0.493 e. The molecule has 6 atom stereocenters. The third-order valence-corrected chi connectivity index (χ3v) is 8.90. The highest BCUT2D eigenvalue weighted by atomic mass is 16.6. The number of aliphatic hydroxyl groups is 2. The van der Waals surface area contributed by atoms with Crippen LogP contribution in [0.4, 0.5) is 0 Å². The molecule has 0 aromatic heterocycles. The first-order valence-electron chi connectivity index (χ1n) is 13.4. The van der Waals surface area contributed by atoms with Gasteiger partial charge in [0.2, 0.25) is 6.10 Å². The number of rotatable bonds is 8. The molecule has 0 amide bonds. The molecule has 210 valence electrons. The van der Waals surface area contributed by atoms with Gasteiger partial charge in [-0.15, -0.1) is 0 Å². The number of methoxy groups -OCH3 is 1. The Hall–Kier alpha value is -3.89. The molecule has 2 aromatic carbocycles. The summed E-state index contributed by atoms with van der Waals surface area (Å²) in [4.78, 5) is 37.1. The molecule has 3 N–H and O–H groups in total. The van der Waals surface area contributed by atoms with E-state index < -0.39 is 53.7 Å². The molecule has 10 nitrogen and oxygen atoms in total. The van der Waals surface area contributed by atoms with Gasteiger partial charge in [0.05, 0.1) is 24.5 Å². The molecule has 1 fully saturated rings. The zero-order valence-electron chi connectivity index (χ0n) is 21.9. The second-order valence-electron chi connectivity index (χ2n) is 10.9. The third-order valence-electron chi connectivity index (χ3n) is 8.90. The Balaban J connectivity index is 1.34. The molecule has 3 aliphatic carbocycles. The fourth-order valence-electron chi connectivity index (χ4n) is 7.16. The topological polar surface area (TPSA) is 149 Å². The number of benzene rings is 2. The minimum absolute atomic E-state index is 0.0198. The molecule has 6 rings (SSSR count). The van der Waals surface area contributed by atoms with Crippen LogP contribution in [0.5, 0.6) is 11.5 Å². The lowest BCUT2D eigenvalue weighted by molar-refractivity contribution is -0.174. The summed E-state index contributed by atoms with van der Waals surface area (Å²) in [6.45, 7) is 0. The number of aliphatic carboxylic acids is 1. The summed E-state index contributed by atoms with van der Waals surface area (Å²) in [7, 11) is 1.55. The quantitative estimate of drug-likeness (QED) is 0.419. The fourth-order valence-corrected chi connectivity index (χ4v) is 7.16. The highest BCUT2D eigenvalue weighted by Crippen LogP contribution is 2.67. The Labute approximate surface area is 230 Å². The van der Waals surface area contributed by atoms with E-state index in [1.807, 2.05) is 12.1 Å². The van der Waals surface area contributed by atoms with E-state index in [9.17, 15) is 24.6 Å². The summed E-state index contributed by atoms with van der Waals surface area (Å²) in [5.74, 6) is -2.26. The van der Waals surface area contributed by atoms with E-state index in [-0.39, 0.29) is 18.1 Å². The minimum atomic E-state index is -1.97. The first-order valence-corrected chi connectivity index (χ1v) is 13.4. The number of hydrogen-bond acceptors (Lipinski definition) is 9. The van der Waals surface area contributed by atoms with Gasteiger partial charge in [-0.25, -0.2) is 9.59 Å². The van der Waals surface area contributed by atoms with Crippen LogP contribution in [0.15, 0.2) is 54.3 Å². The standard InChI is InChI=1S/C30H30O10/c1-37-20-10-9-17-14-18-8-5-12-29-23(17)25(20)40-26(29)21(11-13-30(18,29)36)38-28(35)24(16-6-3-2-4-7-16)39-22(32)15-19(31)27(33)34/h2-4,6-7,9-11,18-19,24,26,31,36H,5,8,12-15H2,1H3,(H,33,34)/t18-,19-,24-,26+,29+,30-/m0/s1. The second kappa shape index (κ2) is 9.64. The van der Waals surface area contributed by atoms with Gasteiger partial charge < -0.3 is 34.3 Å². The Morgan fingerprint density at radius 2 is 1.93 bits per heavy atom. The van der Waals surface area contributed by atoms with Crippen molar-refractivity contribution < 1.29 is 48.7 Å². The van der Waals surface area contributed by atoms with Gasteiger partial charge in [-0.3, -0.25) is 4.79 Å². The molecule has 4 aliphatic rings. The number of carbonyl (C=O) groups is 3. The van der Waals surface area contributed by atoms with E-state index in [2.05, 4.69) is 0 Å². The summed E-state index contributed by atoms with van der Waals surface area (Å²) in [5, 5.41) is 30.8. The maximum absolute atomic E-state index is 13.6. The van der Waals surface area contributed by atoms with Crippen LogP contribution in [0.1, 0.15) is 54.9 Å². The van der Waals surface area contributed by atoms with E-state index in [0.29, 0.717) is 23.5 Å². The largest absolute Gasteiger partial charge is 0.493 e. The summed E-state index contributed by atoms with van der Waals surface area (Å²) in [6.07, 6.45) is -0.0824. The zero-order chi connectivity index (χ0) is 28.2. The van der Waals surface area contributed by atoms with Crippen LogP contribution < -0.4 is 9.47 Å². The first kappa shape index (κ1) is 26.3. The lowest BCUT2D eigenvalue weighted by Crippen LogP contribution is -2.67. The molecule has 1 spiro atoms. The number of ether oxygens (including phenoxy) is 4. The van der Waals surface area contributed by atoms with Crippen LogP contribution >= 0.6 is 0 Å². The zero-order valence-corrected chi connectivity index (χ0v) is 21.9. The van der Waals surface area contributed by atoms with Gasteiger partial charge in [-0.1, -0.05) is 42.8 Å². The van der Waals surface area contributed by atoms with Crippen LogP contribution in [0.25, 0.3) is 0 Å². The molecule has 2 aromatic rings. The number of carboxylic acid groups (broad SMARTS) is 1. The number of hydrogen-bond donors (Lipinski definition) is 3. The number of carbonyl (C=O) groups excluding carboxylic acids is 2. The Morgan fingerprint density at radius 3 is 2.65 bits per heavy atom. The van der Waals surface area contributed by atoms with E-state index in [1.165, 1.54) is 0 Å². The van der Waals surface area contributed by atoms with Crippen molar-refractivity contribution in [2.45, 2.75) is 67.9 Å². The molecule has 0 unspecified atom stereocenters. The molecular formula is C30H30O10. The van der Waals surface area contributed by atoms with Gasteiger partial charge in [-0.2, -0.15) is 0 Å². The summed E-state index contributed by atoms with van der Waals surface area (Å²) in [5.41, 5.74) is 0.391. The van der Waals surface area contributed by atoms with Crippen molar-refractivity contribution in [2.75, 3.05) is 7.11 Å². The van der Waals surface area contributed by atoms with Crippen LogP contribution in [-0.2, 0) is 35.7 Å². The van der Waals surface area contributed by atoms with E-state index in [0.717, 1.165) is 30.4 Å². The van der Waals surface area contributed by atoms with Crippen molar-refractivity contribution in [2.24, 2.45) is 5.92 Å². The van der Waals surface area contributed by atoms with Gasteiger partial charge >= 0.3 is 17.9 Å². The first-order chi connectivity index (χ1) is 19.2. The second-order valence-corrected chi connectivity index (χ2v) is 10.9. The molecular weight excluding hydrogens is 520 g/mol. The van der Waals surface area contributed by atoms with Crippen LogP contribution in [0.2, 0.25) is 0 Å². The van der Waals surface area contributed by atoms with Crippen molar-refractivity contribution in [3.05, 3.63) is 71.0 Å². The Kier molecular flexibility index (Phi) is 6.35. The van der Waals surface area contributed by atoms with Crippen molar-refractivity contribution in [3.8, 4) is 11.5 Å². The molecule has 1 saturated carbocycles. The molecule has 0 radical (unpaired) electrons. The SMILES string of the molecule is COc1ccc2c3c1O[C@@H]1C(OC(=O)[C@@H](OC(=O)C[C@H](O)C(=O)O)c4ccccc4)=CC[C@]4(O)[C@@H](CCC[C@@]314)C2. The average Bonchev–Trinajstić information content (AvgIpc) is 3.28. The van der Waals surface area contributed by atoms with E-state index in [4.69, 9.17) is 24.1 Å². The van der Waals surface area contributed by atoms with Gasteiger partial charge in [-0.05, 0) is 49.3 Å². The van der Waals surface area contributed by atoms with E-state index in [1.54, 1.807) is 43.5 Å². The van der Waals surface area contributed by atoms with Crippen LogP contribution in [0, 0.1) is 5.92 Å². The maximum Gasteiger partial charge on any atom is 0.357 e. The van der Waals surface area contributed by atoms with E-state index >= 15 is 0 Å². The van der Waals surface area contributed by atoms with Gasteiger partial charge in [0.1, 0.15) is 5.76 Å². The van der Waals surface area contributed by atoms with Crippen LogP contribution in [-0.4, -0.2) is 58.1 Å². The molecule has 40 heavy (non-hydrogen) atoms. The molecule has 0 saturated heterocycles. The van der Waals surface area contributed by atoms with Crippen molar-refractivity contribution in [1.29, 1.82) is 0 Å². The number of esters is 2. The molecule has 10 heteroatoms. The summed E-state index contributed by atoms with van der Waals surface area (Å²) >= 11 is 0. The van der Waals surface area contributed by atoms with Crippen molar-refractivity contribution in [1.82, 2.24) is 0 Å². The fraction of sp³-hybridized carbons (Fsp3) is 0.433. The highest BCUT2D eigenvalue weighted by molar-refractivity contribution is 5.84.